The van der Waals surface area contributed by atoms with Crippen LogP contribution in [0.2, 0.25) is 48.8 Å². The van der Waals surface area contributed by atoms with Crippen molar-refractivity contribution in [1.29, 1.82) is 0 Å². The highest BCUT2D eigenvalue weighted by Gasteiger charge is 2.39. The van der Waals surface area contributed by atoms with Gasteiger partial charge in [-0.05, 0) is 105 Å². The lowest BCUT2D eigenvalue weighted by Gasteiger charge is -2.39. The molecule has 1 atom stereocenters. The first-order chi connectivity index (χ1) is 21.1. The molecule has 0 aliphatic rings. The molecule has 3 rings (SSSR count). The van der Waals surface area contributed by atoms with Crippen molar-refractivity contribution in [2.24, 2.45) is 0 Å². The Morgan fingerprint density at radius 3 is 2.20 bits per heavy atom. The highest BCUT2D eigenvalue weighted by molar-refractivity contribution is 6.76. The molecular weight excluding hydrogens is 632 g/mol. The molecule has 0 saturated heterocycles. The second-order valence-corrected chi connectivity index (χ2v) is 26.9. The number of aromatic nitrogens is 1. The maximum atomic E-state index is 13.3. The minimum Gasteiger partial charge on any atom is -0.450 e. The Balaban J connectivity index is 2.10. The van der Waals surface area contributed by atoms with E-state index < -0.39 is 28.1 Å². The fraction of sp³-hybridized carbons (Fsp3) is 0.556. The van der Waals surface area contributed by atoms with Crippen LogP contribution < -0.4 is 10.9 Å². The van der Waals surface area contributed by atoms with Gasteiger partial charge in [0.1, 0.15) is 6.10 Å². The topological polar surface area (TPSA) is 89.7 Å². The van der Waals surface area contributed by atoms with Crippen LogP contribution in [0.15, 0.2) is 41.2 Å². The van der Waals surface area contributed by atoms with E-state index in [4.69, 9.17) is 25.5 Å². The molecular formula is C36H55ClN2O5Si2. The Morgan fingerprint density at radius 1 is 1.00 bits per heavy atom. The zero-order valence-electron chi connectivity index (χ0n) is 30.0. The third-order valence-corrected chi connectivity index (χ3v) is 15.0. The van der Waals surface area contributed by atoms with Gasteiger partial charge in [-0.25, -0.2) is 4.79 Å². The van der Waals surface area contributed by atoms with E-state index in [1.54, 1.807) is 0 Å². The summed E-state index contributed by atoms with van der Waals surface area (Å²) < 4.78 is 18.9. The second kappa shape index (κ2) is 14.8. The summed E-state index contributed by atoms with van der Waals surface area (Å²) in [5, 5.41) is 4.38. The molecule has 0 unspecified atom stereocenters. The lowest BCUT2D eigenvalue weighted by molar-refractivity contribution is -0.0799. The van der Waals surface area contributed by atoms with E-state index in [2.05, 4.69) is 91.5 Å². The van der Waals surface area contributed by atoms with Crippen LogP contribution in [0.1, 0.15) is 64.3 Å². The Labute approximate surface area is 282 Å². The van der Waals surface area contributed by atoms with Crippen LogP contribution in [0.5, 0.6) is 0 Å². The number of hydrogen-bond acceptors (Lipinski definition) is 5. The molecule has 2 aromatic carbocycles. The first-order valence-electron chi connectivity index (χ1n) is 16.3. The van der Waals surface area contributed by atoms with Crippen molar-refractivity contribution in [2.45, 2.75) is 110 Å². The van der Waals surface area contributed by atoms with Crippen LogP contribution in [-0.4, -0.2) is 52.8 Å². The number of carbonyl (C=O) groups excluding carboxylic acids is 1. The average Bonchev–Trinajstić information content (AvgIpc) is 2.89. The molecule has 0 radical (unpaired) electrons. The van der Waals surface area contributed by atoms with Gasteiger partial charge >= 0.3 is 6.09 Å². The SMILES string of the molecule is Cc1cc2[nH]c(=O)c(CCNC(=O)OCC[Si](C)(C)C)cc2c(-c2ccc(Cl)cc2)c1[C@@H](CO[Si](C)(C)C(C)(C)C)OC(C)(C)C. The fourth-order valence-electron chi connectivity index (χ4n) is 4.98. The predicted molar refractivity (Wildman–Crippen MR) is 198 cm³/mol. The van der Waals surface area contributed by atoms with Crippen molar-refractivity contribution in [3.05, 3.63) is 68.5 Å². The van der Waals surface area contributed by atoms with E-state index >= 15 is 0 Å². The molecule has 2 N–H and O–H groups in total. The van der Waals surface area contributed by atoms with Gasteiger partial charge in [0.15, 0.2) is 8.32 Å². The Kier molecular flexibility index (Phi) is 12.2. The summed E-state index contributed by atoms with van der Waals surface area (Å²) in [6.45, 7) is 27.3. The van der Waals surface area contributed by atoms with Crippen molar-refractivity contribution in [3.8, 4) is 11.1 Å². The number of ether oxygens (including phenoxy) is 2. The van der Waals surface area contributed by atoms with Crippen LogP contribution in [0.4, 0.5) is 4.79 Å². The Hall–Kier alpha value is -2.44. The summed E-state index contributed by atoms with van der Waals surface area (Å²) in [6.07, 6.45) is -0.472. The number of H-pyrrole nitrogens is 1. The number of hydrogen-bond donors (Lipinski definition) is 2. The zero-order valence-corrected chi connectivity index (χ0v) is 32.8. The number of alkyl carbamates (subject to hydrolysis) is 1. The first-order valence-corrected chi connectivity index (χ1v) is 23.2. The number of halogens is 1. The number of pyridine rings is 1. The molecule has 1 amide bonds. The number of benzene rings is 2. The maximum Gasteiger partial charge on any atom is 0.407 e. The van der Waals surface area contributed by atoms with Gasteiger partial charge in [-0.15, -0.1) is 0 Å². The Bertz CT molecular complexity index is 1570. The van der Waals surface area contributed by atoms with Gasteiger partial charge in [-0.2, -0.15) is 0 Å². The van der Waals surface area contributed by atoms with E-state index in [1.165, 1.54) is 0 Å². The van der Waals surface area contributed by atoms with Crippen molar-refractivity contribution < 1.29 is 18.7 Å². The molecule has 46 heavy (non-hydrogen) atoms. The summed E-state index contributed by atoms with van der Waals surface area (Å²) in [7, 11) is -3.40. The van der Waals surface area contributed by atoms with Crippen molar-refractivity contribution in [2.75, 3.05) is 19.8 Å². The van der Waals surface area contributed by atoms with Gasteiger partial charge in [-0.1, -0.05) is 64.1 Å². The van der Waals surface area contributed by atoms with E-state index in [9.17, 15) is 9.59 Å². The molecule has 10 heteroatoms. The summed E-state index contributed by atoms with van der Waals surface area (Å²) >= 11 is 6.33. The summed E-state index contributed by atoms with van der Waals surface area (Å²) in [4.78, 5) is 28.7. The molecule has 0 aliphatic heterocycles. The smallest absolute Gasteiger partial charge is 0.407 e. The van der Waals surface area contributed by atoms with Crippen molar-refractivity contribution >= 4 is 45.0 Å². The van der Waals surface area contributed by atoms with Crippen LogP contribution in [-0.2, 0) is 20.3 Å². The number of aryl methyl sites for hydroxylation is 1. The molecule has 0 bridgehead atoms. The van der Waals surface area contributed by atoms with Gasteiger partial charge < -0.3 is 24.2 Å². The largest absolute Gasteiger partial charge is 0.450 e. The van der Waals surface area contributed by atoms with Crippen LogP contribution in [0.3, 0.4) is 0 Å². The third kappa shape index (κ3) is 10.5. The van der Waals surface area contributed by atoms with Gasteiger partial charge in [0.25, 0.3) is 5.56 Å². The van der Waals surface area contributed by atoms with Gasteiger partial charge in [0.2, 0.25) is 0 Å². The van der Waals surface area contributed by atoms with E-state index in [1.807, 2.05) is 36.4 Å². The van der Waals surface area contributed by atoms with Crippen molar-refractivity contribution in [3.63, 3.8) is 0 Å². The quantitative estimate of drug-likeness (QED) is 0.185. The normalized spacial score (nSPS) is 13.6. The number of carbonyl (C=O) groups is 1. The number of rotatable bonds is 12. The molecule has 0 aliphatic carbocycles. The van der Waals surface area contributed by atoms with E-state index in [0.29, 0.717) is 30.2 Å². The number of aromatic amines is 1. The highest BCUT2D eigenvalue weighted by atomic mass is 35.5. The fourth-order valence-corrected chi connectivity index (χ4v) is 6.82. The molecule has 7 nitrogen and oxygen atoms in total. The number of fused-ring (bicyclic) bond motifs is 1. The maximum absolute atomic E-state index is 13.3. The second-order valence-electron chi connectivity index (χ2n) is 16.0. The first kappa shape index (κ1) is 38.0. The van der Waals surface area contributed by atoms with E-state index in [0.717, 1.165) is 39.2 Å². The van der Waals surface area contributed by atoms with Gasteiger partial charge in [0, 0.05) is 36.1 Å². The highest BCUT2D eigenvalue weighted by Crippen LogP contribution is 2.42. The van der Waals surface area contributed by atoms with Gasteiger partial charge in [-0.3, -0.25) is 4.79 Å². The summed E-state index contributed by atoms with van der Waals surface area (Å²) in [5.41, 5.74) is 4.64. The zero-order chi connectivity index (χ0) is 34.7. The van der Waals surface area contributed by atoms with E-state index in [-0.39, 0.29) is 23.2 Å². The molecule has 254 valence electrons. The summed E-state index contributed by atoms with van der Waals surface area (Å²) in [5.74, 6) is 0. The number of amides is 1. The molecule has 3 aromatic rings. The predicted octanol–water partition coefficient (Wildman–Crippen LogP) is 9.64. The average molecular weight is 687 g/mol. The summed E-state index contributed by atoms with van der Waals surface area (Å²) in [6, 6.07) is 12.6. The van der Waals surface area contributed by atoms with Crippen LogP contribution in [0, 0.1) is 6.92 Å². The standard InChI is InChI=1S/C36H55ClN2O5Si2/c1-24-21-29-28(22-26(33(40)39-29)17-18-38-34(41)42-19-20-45(8,9)10)32(25-13-15-27(37)16-14-25)31(24)30(44-35(2,3)4)23-43-46(11,12)36(5,6)7/h13-16,21-22,30H,17-20,23H2,1-12H3,(H,38,41)(H,39,40)/t30-/m1/s1. The van der Waals surface area contributed by atoms with Crippen LogP contribution in [0.25, 0.3) is 22.0 Å². The lowest BCUT2D eigenvalue weighted by atomic mass is 9.88. The Morgan fingerprint density at radius 2 is 1.63 bits per heavy atom. The number of nitrogens with one attached hydrogen (secondary N) is 2. The molecule has 0 spiro atoms. The van der Waals surface area contributed by atoms with Crippen molar-refractivity contribution in [1.82, 2.24) is 10.3 Å². The molecule has 1 aromatic heterocycles. The molecule has 0 saturated carbocycles. The minimum atomic E-state index is -2.10. The lowest BCUT2D eigenvalue weighted by Crippen LogP contribution is -2.42. The molecule has 0 fully saturated rings. The van der Waals surface area contributed by atoms with Crippen LogP contribution >= 0.6 is 11.6 Å². The van der Waals surface area contributed by atoms with Gasteiger partial charge in [0.05, 0.1) is 18.8 Å². The monoisotopic (exact) mass is 686 g/mol. The molecule has 1 heterocycles. The third-order valence-electron chi connectivity index (χ3n) is 8.57. The minimum absolute atomic E-state index is 0.0416.